The molecule has 0 aliphatic heterocycles. The second-order valence-electron chi connectivity index (χ2n) is 8.69. The monoisotopic (exact) mass is 454 g/mol. The zero-order chi connectivity index (χ0) is 22.8. The fraction of sp³-hybridized carbons (Fsp3) is 0.522. The SMILES string of the molecule is Cc1cc(C(CC(=O)NCC(Cc2ccc(O)cc2)N(C)C)C2(C(F)(F)F)CC2)cs1. The van der Waals surface area contributed by atoms with Gasteiger partial charge in [0.2, 0.25) is 5.91 Å². The number of phenols is 1. The third-order valence-electron chi connectivity index (χ3n) is 6.24. The van der Waals surface area contributed by atoms with Crippen LogP contribution in [0, 0.1) is 12.3 Å². The van der Waals surface area contributed by atoms with Gasteiger partial charge >= 0.3 is 6.18 Å². The van der Waals surface area contributed by atoms with Crippen molar-refractivity contribution in [1.82, 2.24) is 10.2 Å². The van der Waals surface area contributed by atoms with Gasteiger partial charge in [0.15, 0.2) is 0 Å². The number of nitrogens with zero attached hydrogens (tertiary/aromatic N) is 1. The number of nitrogens with one attached hydrogen (secondary N) is 1. The van der Waals surface area contributed by atoms with Crippen molar-refractivity contribution in [2.75, 3.05) is 20.6 Å². The van der Waals surface area contributed by atoms with Gasteiger partial charge in [-0.2, -0.15) is 13.2 Å². The van der Waals surface area contributed by atoms with Crippen LogP contribution in [0.1, 0.15) is 41.2 Å². The Hall–Kier alpha value is -2.06. The minimum atomic E-state index is -4.32. The highest BCUT2D eigenvalue weighted by Gasteiger charge is 2.67. The number of benzene rings is 1. The summed E-state index contributed by atoms with van der Waals surface area (Å²) in [6.07, 6.45) is -3.70. The van der Waals surface area contributed by atoms with Gasteiger partial charge in [0.25, 0.3) is 0 Å². The van der Waals surface area contributed by atoms with E-state index in [1.807, 2.05) is 38.1 Å². The number of aryl methyl sites for hydroxylation is 1. The van der Waals surface area contributed by atoms with Gasteiger partial charge in [-0.15, -0.1) is 11.3 Å². The van der Waals surface area contributed by atoms with Gasteiger partial charge in [-0.25, -0.2) is 0 Å². The average Bonchev–Trinajstić information content (AvgIpc) is 3.40. The molecule has 2 N–H and O–H groups in total. The lowest BCUT2D eigenvalue weighted by Crippen LogP contribution is -2.42. The molecule has 170 valence electrons. The van der Waals surface area contributed by atoms with E-state index >= 15 is 0 Å². The van der Waals surface area contributed by atoms with E-state index in [2.05, 4.69) is 5.32 Å². The number of carbonyl (C=O) groups is 1. The molecular formula is C23H29F3N2O2S. The number of rotatable bonds is 9. The van der Waals surface area contributed by atoms with Crippen LogP contribution < -0.4 is 5.32 Å². The largest absolute Gasteiger partial charge is 0.508 e. The van der Waals surface area contributed by atoms with E-state index in [9.17, 15) is 23.1 Å². The van der Waals surface area contributed by atoms with E-state index in [-0.39, 0.29) is 37.0 Å². The summed E-state index contributed by atoms with van der Waals surface area (Å²) in [5.41, 5.74) is -0.169. The van der Waals surface area contributed by atoms with Crippen LogP contribution in [-0.2, 0) is 11.2 Å². The van der Waals surface area contributed by atoms with Crippen molar-refractivity contribution in [2.45, 2.75) is 50.7 Å². The Balaban J connectivity index is 1.67. The van der Waals surface area contributed by atoms with Gasteiger partial charge in [0.05, 0.1) is 5.41 Å². The first-order valence-corrected chi connectivity index (χ1v) is 11.2. The Kier molecular flexibility index (Phi) is 7.01. The number of thiophene rings is 1. The van der Waals surface area contributed by atoms with E-state index in [1.54, 1.807) is 23.6 Å². The number of likely N-dealkylation sites (N-methyl/N-ethyl adjacent to an activating group) is 1. The first-order chi connectivity index (χ1) is 14.5. The first-order valence-electron chi connectivity index (χ1n) is 10.3. The molecule has 1 heterocycles. The Labute approximate surface area is 185 Å². The van der Waals surface area contributed by atoms with Crippen molar-refractivity contribution in [2.24, 2.45) is 5.41 Å². The molecule has 0 bridgehead atoms. The van der Waals surface area contributed by atoms with E-state index in [0.717, 1.165) is 10.4 Å². The summed E-state index contributed by atoms with van der Waals surface area (Å²) >= 11 is 1.42. The third-order valence-corrected chi connectivity index (χ3v) is 7.12. The summed E-state index contributed by atoms with van der Waals surface area (Å²) in [5.74, 6) is -1.03. The smallest absolute Gasteiger partial charge is 0.395 e. The summed E-state index contributed by atoms with van der Waals surface area (Å²) in [7, 11) is 3.80. The van der Waals surface area contributed by atoms with Crippen molar-refractivity contribution in [3.8, 4) is 5.75 Å². The Bertz CT molecular complexity index is 889. The van der Waals surface area contributed by atoms with Crippen LogP contribution in [0.2, 0.25) is 0 Å². The second kappa shape index (κ2) is 9.20. The number of amides is 1. The van der Waals surface area contributed by atoms with E-state index in [0.29, 0.717) is 18.5 Å². The number of aromatic hydroxyl groups is 1. The lowest BCUT2D eigenvalue weighted by molar-refractivity contribution is -0.194. The van der Waals surface area contributed by atoms with E-state index < -0.39 is 17.5 Å². The topological polar surface area (TPSA) is 52.6 Å². The van der Waals surface area contributed by atoms with Crippen LogP contribution in [0.25, 0.3) is 0 Å². The number of alkyl halides is 3. The second-order valence-corrected chi connectivity index (χ2v) is 9.81. The van der Waals surface area contributed by atoms with Crippen molar-refractivity contribution >= 4 is 17.2 Å². The summed E-state index contributed by atoms with van der Waals surface area (Å²) in [6, 6.07) is 8.63. The molecule has 1 aromatic carbocycles. The summed E-state index contributed by atoms with van der Waals surface area (Å²) in [6.45, 7) is 2.20. The normalized spacial score (nSPS) is 17.4. The quantitative estimate of drug-likeness (QED) is 0.569. The predicted molar refractivity (Wildman–Crippen MR) is 116 cm³/mol. The highest BCUT2D eigenvalue weighted by atomic mass is 32.1. The predicted octanol–water partition coefficient (Wildman–Crippen LogP) is 4.87. The van der Waals surface area contributed by atoms with Gasteiger partial charge in [0.1, 0.15) is 5.75 Å². The van der Waals surface area contributed by atoms with E-state index in [1.165, 1.54) is 11.3 Å². The van der Waals surface area contributed by atoms with Crippen molar-refractivity contribution in [3.63, 3.8) is 0 Å². The number of hydrogen-bond donors (Lipinski definition) is 2. The molecule has 0 radical (unpaired) electrons. The van der Waals surface area contributed by atoms with Crippen LogP contribution in [0.3, 0.4) is 0 Å². The van der Waals surface area contributed by atoms with Gasteiger partial charge in [-0.3, -0.25) is 4.79 Å². The molecule has 1 amide bonds. The molecule has 4 nitrogen and oxygen atoms in total. The van der Waals surface area contributed by atoms with Gasteiger partial charge in [0, 0.05) is 29.8 Å². The molecule has 2 unspecified atom stereocenters. The highest BCUT2D eigenvalue weighted by molar-refractivity contribution is 7.10. The van der Waals surface area contributed by atoms with E-state index in [4.69, 9.17) is 0 Å². The first kappa shape index (κ1) is 23.6. The molecule has 0 saturated heterocycles. The van der Waals surface area contributed by atoms with Crippen molar-refractivity contribution in [1.29, 1.82) is 0 Å². The fourth-order valence-electron chi connectivity index (χ4n) is 4.07. The van der Waals surface area contributed by atoms with Gasteiger partial charge in [-0.05, 0) is 75.0 Å². The maximum atomic E-state index is 13.8. The highest BCUT2D eigenvalue weighted by Crippen LogP contribution is 2.66. The molecule has 1 aliphatic carbocycles. The molecule has 1 fully saturated rings. The Morgan fingerprint density at radius 2 is 1.90 bits per heavy atom. The van der Waals surface area contributed by atoms with Crippen LogP contribution >= 0.6 is 11.3 Å². The molecule has 1 aliphatic rings. The summed E-state index contributed by atoms with van der Waals surface area (Å²) < 4.78 is 41.5. The lowest BCUT2D eigenvalue weighted by atomic mass is 9.81. The maximum absolute atomic E-state index is 13.8. The maximum Gasteiger partial charge on any atom is 0.395 e. The lowest BCUT2D eigenvalue weighted by Gasteiger charge is -2.29. The molecule has 0 spiro atoms. The minimum Gasteiger partial charge on any atom is -0.508 e. The Morgan fingerprint density at radius 1 is 1.26 bits per heavy atom. The van der Waals surface area contributed by atoms with Crippen LogP contribution in [-0.4, -0.2) is 48.8 Å². The molecule has 2 aromatic rings. The van der Waals surface area contributed by atoms with Crippen LogP contribution in [0.15, 0.2) is 35.7 Å². The van der Waals surface area contributed by atoms with Crippen molar-refractivity contribution in [3.05, 3.63) is 51.7 Å². The zero-order valence-electron chi connectivity index (χ0n) is 18.0. The molecule has 8 heteroatoms. The minimum absolute atomic E-state index is 0.0205. The molecule has 31 heavy (non-hydrogen) atoms. The number of carbonyl (C=O) groups excluding carboxylic acids is 1. The zero-order valence-corrected chi connectivity index (χ0v) is 18.8. The summed E-state index contributed by atoms with van der Waals surface area (Å²) in [5, 5.41) is 14.1. The van der Waals surface area contributed by atoms with Gasteiger partial charge < -0.3 is 15.3 Å². The number of hydrogen-bond acceptors (Lipinski definition) is 4. The third kappa shape index (κ3) is 5.60. The Morgan fingerprint density at radius 3 is 2.39 bits per heavy atom. The number of phenolic OH excluding ortho intramolecular Hbond substituents is 1. The van der Waals surface area contributed by atoms with Gasteiger partial charge in [-0.1, -0.05) is 12.1 Å². The molecule has 2 atom stereocenters. The molecule has 3 rings (SSSR count). The average molecular weight is 455 g/mol. The van der Waals surface area contributed by atoms with Crippen LogP contribution in [0.5, 0.6) is 5.75 Å². The van der Waals surface area contributed by atoms with Crippen LogP contribution in [0.4, 0.5) is 13.2 Å². The molecule has 1 aromatic heterocycles. The number of halogens is 3. The standard InChI is InChI=1S/C23H29F3N2O2S/c1-15-10-17(14-31-15)20(22(8-9-22)23(24,25)26)12-21(30)27-13-18(28(2)3)11-16-4-6-19(29)7-5-16/h4-7,10,14,18,20,29H,8-9,11-13H2,1-3H3,(H,27,30). The van der Waals surface area contributed by atoms with Crippen molar-refractivity contribution < 1.29 is 23.1 Å². The molecular weight excluding hydrogens is 425 g/mol. The molecule has 1 saturated carbocycles. The fourth-order valence-corrected chi connectivity index (χ4v) is 4.83. The summed E-state index contributed by atoms with van der Waals surface area (Å²) in [4.78, 5) is 15.7.